The number of rotatable bonds is 20. The molecule has 1 amide bonds. The van der Waals surface area contributed by atoms with E-state index in [9.17, 15) is 13.2 Å². The topological polar surface area (TPSA) is 95.5 Å². The highest BCUT2D eigenvalue weighted by atomic mass is 32.2. The minimum absolute atomic E-state index is 0.147. The van der Waals surface area contributed by atoms with Gasteiger partial charge < -0.3 is 10.6 Å². The third-order valence-corrected chi connectivity index (χ3v) is 5.45. The van der Waals surface area contributed by atoms with Crippen molar-refractivity contribution in [3.05, 3.63) is 12.2 Å². The highest BCUT2D eigenvalue weighted by Crippen LogP contribution is 2.09. The van der Waals surface area contributed by atoms with E-state index < -0.39 is 10.1 Å². The molecule has 0 fully saturated rings. The number of allylic oxidation sites excluding steroid dienone is 2. The highest BCUT2D eigenvalue weighted by Gasteiger charge is 2.02. The molecule has 0 bridgehead atoms. The number of amides is 1. The van der Waals surface area contributed by atoms with Crippen LogP contribution < -0.4 is 10.6 Å². The number of carbonyl (C=O) groups is 1. The zero-order valence-corrected chi connectivity index (χ0v) is 18.6. The maximum Gasteiger partial charge on any atom is 0.266 e. The smallest absolute Gasteiger partial charge is 0.266 e. The van der Waals surface area contributed by atoms with Crippen molar-refractivity contribution >= 4 is 16.0 Å². The van der Waals surface area contributed by atoms with Crippen LogP contribution in [0.4, 0.5) is 0 Å². The lowest BCUT2D eigenvalue weighted by Gasteiger charge is -2.03. The summed E-state index contributed by atoms with van der Waals surface area (Å²) in [6.45, 7) is 1.13. The summed E-state index contributed by atoms with van der Waals surface area (Å²) in [6.07, 6.45) is 20.7. The Kier molecular flexibility index (Phi) is 18.8. The summed E-state index contributed by atoms with van der Waals surface area (Å²) in [4.78, 5) is 11.1. The molecule has 3 N–H and O–H groups in total. The Balaban J connectivity index is 3.17. The van der Waals surface area contributed by atoms with E-state index in [1.54, 1.807) is 7.05 Å². The Morgan fingerprint density at radius 1 is 0.786 bits per heavy atom. The van der Waals surface area contributed by atoms with E-state index >= 15 is 0 Å². The molecular formula is C21H42N2O4S. The summed E-state index contributed by atoms with van der Waals surface area (Å²) in [5, 5.41) is 5.69. The van der Waals surface area contributed by atoms with Gasteiger partial charge >= 0.3 is 0 Å². The lowest BCUT2D eigenvalue weighted by molar-refractivity contribution is -0.120. The van der Waals surface area contributed by atoms with Gasteiger partial charge in [0.05, 0.1) is 5.75 Å². The van der Waals surface area contributed by atoms with Gasteiger partial charge in [-0.25, -0.2) is 0 Å². The van der Waals surface area contributed by atoms with E-state index in [2.05, 4.69) is 22.8 Å². The molecule has 0 heterocycles. The predicted molar refractivity (Wildman–Crippen MR) is 117 cm³/mol. The zero-order chi connectivity index (χ0) is 20.9. The molecule has 0 aliphatic carbocycles. The van der Waals surface area contributed by atoms with Crippen molar-refractivity contribution in [1.29, 1.82) is 0 Å². The Morgan fingerprint density at radius 3 is 1.82 bits per heavy atom. The van der Waals surface area contributed by atoms with Crippen molar-refractivity contribution in [1.82, 2.24) is 10.6 Å². The monoisotopic (exact) mass is 418 g/mol. The molecule has 0 radical (unpaired) electrons. The van der Waals surface area contributed by atoms with E-state index in [1.807, 2.05) is 0 Å². The lowest BCUT2D eigenvalue weighted by Crippen LogP contribution is -2.23. The normalized spacial score (nSPS) is 11.9. The third-order valence-electron chi connectivity index (χ3n) is 4.73. The lowest BCUT2D eigenvalue weighted by atomic mass is 10.1. The molecule has 0 saturated heterocycles. The van der Waals surface area contributed by atoms with E-state index in [-0.39, 0.29) is 11.7 Å². The fourth-order valence-corrected chi connectivity index (χ4v) is 3.39. The van der Waals surface area contributed by atoms with Gasteiger partial charge in [-0.3, -0.25) is 9.35 Å². The molecular weight excluding hydrogens is 376 g/mol. The Bertz CT molecular complexity index is 493. The van der Waals surface area contributed by atoms with Gasteiger partial charge in [0.1, 0.15) is 0 Å². The molecule has 0 aromatic carbocycles. The first-order valence-corrected chi connectivity index (χ1v) is 12.6. The van der Waals surface area contributed by atoms with Crippen LogP contribution in [-0.4, -0.2) is 44.8 Å². The molecule has 0 saturated carbocycles. The fourth-order valence-electron chi connectivity index (χ4n) is 2.98. The van der Waals surface area contributed by atoms with Crippen LogP contribution in [0.25, 0.3) is 0 Å². The molecule has 0 unspecified atom stereocenters. The Labute approximate surface area is 172 Å². The number of hydrogen-bond acceptors (Lipinski definition) is 4. The largest absolute Gasteiger partial charge is 0.359 e. The maximum absolute atomic E-state index is 11.1. The average molecular weight is 419 g/mol. The van der Waals surface area contributed by atoms with Crippen molar-refractivity contribution in [2.24, 2.45) is 0 Å². The number of carbonyl (C=O) groups excluding carboxylic acids is 1. The Morgan fingerprint density at radius 2 is 1.29 bits per heavy atom. The second kappa shape index (κ2) is 19.4. The van der Waals surface area contributed by atoms with Crippen LogP contribution in [0.1, 0.15) is 89.9 Å². The second-order valence-corrected chi connectivity index (χ2v) is 8.97. The van der Waals surface area contributed by atoms with Gasteiger partial charge in [-0.2, -0.15) is 8.42 Å². The highest BCUT2D eigenvalue weighted by molar-refractivity contribution is 7.85. The maximum atomic E-state index is 11.1. The average Bonchev–Trinajstić information content (AvgIpc) is 2.65. The minimum Gasteiger partial charge on any atom is -0.359 e. The molecule has 0 spiro atoms. The van der Waals surface area contributed by atoms with E-state index in [0.29, 0.717) is 13.0 Å². The van der Waals surface area contributed by atoms with E-state index in [0.717, 1.165) is 32.2 Å². The Hall–Kier alpha value is -0.920. The zero-order valence-electron chi connectivity index (χ0n) is 17.8. The molecule has 0 rings (SSSR count). The first-order chi connectivity index (χ1) is 13.5. The van der Waals surface area contributed by atoms with Crippen molar-refractivity contribution < 1.29 is 17.8 Å². The van der Waals surface area contributed by atoms with Gasteiger partial charge in [0.15, 0.2) is 0 Å². The van der Waals surface area contributed by atoms with Crippen LogP contribution in [0.2, 0.25) is 0 Å². The van der Waals surface area contributed by atoms with E-state index in [1.165, 1.54) is 57.8 Å². The van der Waals surface area contributed by atoms with Gasteiger partial charge in [0, 0.05) is 20.0 Å². The van der Waals surface area contributed by atoms with Crippen molar-refractivity contribution in [3.63, 3.8) is 0 Å². The van der Waals surface area contributed by atoms with Crippen LogP contribution >= 0.6 is 0 Å². The van der Waals surface area contributed by atoms with Gasteiger partial charge in [0.25, 0.3) is 10.1 Å². The molecule has 0 aromatic heterocycles. The number of unbranched alkanes of at least 4 members (excludes halogenated alkanes) is 11. The van der Waals surface area contributed by atoms with Crippen LogP contribution in [-0.2, 0) is 14.9 Å². The fraction of sp³-hybridized carbons (Fsp3) is 0.857. The molecule has 0 aromatic rings. The van der Waals surface area contributed by atoms with Crippen LogP contribution in [0, 0.1) is 0 Å². The molecule has 0 aliphatic heterocycles. The summed E-state index contributed by atoms with van der Waals surface area (Å²) in [5.41, 5.74) is 0. The molecule has 166 valence electrons. The molecule has 0 atom stereocenters. The summed E-state index contributed by atoms with van der Waals surface area (Å²) in [6, 6.07) is 0. The first-order valence-electron chi connectivity index (χ1n) is 11.0. The summed E-state index contributed by atoms with van der Waals surface area (Å²) < 4.78 is 29.7. The molecule has 7 heteroatoms. The van der Waals surface area contributed by atoms with Crippen molar-refractivity contribution in [2.45, 2.75) is 89.9 Å². The van der Waals surface area contributed by atoms with Crippen LogP contribution in [0.5, 0.6) is 0 Å². The predicted octanol–water partition coefficient (Wildman–Crippen LogP) is 4.23. The van der Waals surface area contributed by atoms with Gasteiger partial charge in [0.2, 0.25) is 5.91 Å². The number of hydrogen-bond donors (Lipinski definition) is 3. The third kappa shape index (κ3) is 23.1. The molecule has 6 nitrogen and oxygen atoms in total. The van der Waals surface area contributed by atoms with Crippen LogP contribution in [0.15, 0.2) is 12.2 Å². The van der Waals surface area contributed by atoms with Crippen molar-refractivity contribution in [3.8, 4) is 0 Å². The van der Waals surface area contributed by atoms with Gasteiger partial charge in [-0.15, -0.1) is 0 Å². The summed E-state index contributed by atoms with van der Waals surface area (Å²) in [7, 11) is -2.14. The first kappa shape index (κ1) is 27.1. The number of nitrogens with one attached hydrogen (secondary N) is 2. The quantitative estimate of drug-likeness (QED) is 0.156. The SMILES string of the molecule is CNC(=O)CCCCCCC/C=C\CCCCCCCCNCCS(=O)(=O)O. The van der Waals surface area contributed by atoms with Crippen molar-refractivity contribution in [2.75, 3.05) is 25.9 Å². The standard InChI is InChI=1S/C21H42N2O4S/c1-22-21(24)17-15-13-11-9-7-5-3-2-4-6-8-10-12-14-16-18-23-19-20-28(25,26)27/h2-3,23H,4-20H2,1H3,(H,22,24)(H,25,26,27)/b3-2-. The summed E-state index contributed by atoms with van der Waals surface area (Å²) in [5.74, 6) is -0.0617. The molecule has 0 aliphatic rings. The van der Waals surface area contributed by atoms with Gasteiger partial charge in [-0.05, 0) is 45.1 Å². The minimum atomic E-state index is -3.83. The second-order valence-electron chi connectivity index (χ2n) is 7.40. The van der Waals surface area contributed by atoms with Gasteiger partial charge in [-0.1, -0.05) is 57.1 Å². The van der Waals surface area contributed by atoms with E-state index in [4.69, 9.17) is 4.55 Å². The van der Waals surface area contributed by atoms with Crippen LogP contribution in [0.3, 0.4) is 0 Å². The molecule has 28 heavy (non-hydrogen) atoms. The summed E-state index contributed by atoms with van der Waals surface area (Å²) >= 11 is 0.